The lowest BCUT2D eigenvalue weighted by Crippen LogP contribution is -2.37. The fourth-order valence-electron chi connectivity index (χ4n) is 0.713. The van der Waals surface area contributed by atoms with Crippen LogP contribution in [0.25, 0.3) is 5.65 Å². The highest BCUT2D eigenvalue weighted by atomic mass is 19.4. The number of H-pyrrole nitrogens is 1. The molecule has 0 fully saturated rings. The van der Waals surface area contributed by atoms with E-state index in [1.165, 1.54) is 0 Å². The maximum Gasteiger partial charge on any atom is 0.430 e. The smallest absolute Gasteiger partial charge is 0.430 e. The molecular formula is C7H5F3N4O2. The van der Waals surface area contributed by atoms with E-state index < -0.39 is 12.1 Å². The molecule has 0 aliphatic carbocycles. The lowest BCUT2D eigenvalue weighted by Gasteiger charge is -2.03. The molecule has 0 bridgehead atoms. The molecule has 0 aliphatic rings. The number of carboxylic acids is 1. The summed E-state index contributed by atoms with van der Waals surface area (Å²) in [6.45, 7) is 0. The molecule has 2 rings (SSSR count). The quantitative estimate of drug-likeness (QED) is 0.583. The average molecular weight is 234 g/mol. The van der Waals surface area contributed by atoms with E-state index >= 15 is 0 Å². The van der Waals surface area contributed by atoms with Crippen molar-refractivity contribution < 1.29 is 27.6 Å². The molecule has 0 saturated carbocycles. The van der Waals surface area contributed by atoms with E-state index in [1.807, 2.05) is 12.1 Å². The van der Waals surface area contributed by atoms with Crippen molar-refractivity contribution in [3.05, 3.63) is 24.7 Å². The lowest BCUT2D eigenvalue weighted by atomic mass is 10.6. The van der Waals surface area contributed by atoms with Gasteiger partial charge in [0.05, 0.1) is 6.20 Å². The average Bonchev–Trinajstić information content (AvgIpc) is 2.64. The van der Waals surface area contributed by atoms with Gasteiger partial charge in [0.25, 0.3) is 12.0 Å². The van der Waals surface area contributed by atoms with Crippen molar-refractivity contribution in [2.24, 2.45) is 0 Å². The molecule has 0 aromatic carbocycles. The number of carbonyl (C=O) groups is 1. The zero-order chi connectivity index (χ0) is 12.2. The molecule has 0 atom stereocenters. The van der Waals surface area contributed by atoms with Gasteiger partial charge < -0.3 is 9.90 Å². The Morgan fingerprint density at radius 3 is 2.62 bits per heavy atom. The Bertz CT molecular complexity index is 451. The van der Waals surface area contributed by atoms with Gasteiger partial charge in [0.1, 0.15) is 5.97 Å². The second-order valence-corrected chi connectivity index (χ2v) is 2.50. The van der Waals surface area contributed by atoms with Gasteiger partial charge in [-0.15, -0.1) is 14.7 Å². The Balaban J connectivity index is 0.000000168. The summed E-state index contributed by atoms with van der Waals surface area (Å²) in [7, 11) is 0. The highest BCUT2D eigenvalue weighted by Crippen LogP contribution is 2.11. The number of hydrogen-bond donors (Lipinski definition) is 1. The summed E-state index contributed by atoms with van der Waals surface area (Å²) < 4.78 is 33.2. The van der Waals surface area contributed by atoms with Crippen LogP contribution in [0.3, 0.4) is 0 Å². The molecule has 6 nitrogen and oxygen atoms in total. The summed E-state index contributed by atoms with van der Waals surface area (Å²) in [6, 6.07) is 3.76. The molecule has 0 aliphatic heterocycles. The summed E-state index contributed by atoms with van der Waals surface area (Å²) in [5.74, 6) is -3.01. The Morgan fingerprint density at radius 2 is 2.12 bits per heavy atom. The first kappa shape index (κ1) is 11.9. The van der Waals surface area contributed by atoms with Crippen molar-refractivity contribution in [3.8, 4) is 0 Å². The summed E-state index contributed by atoms with van der Waals surface area (Å²) in [5, 5.41) is 19.3. The number of nitrogens with one attached hydrogen (secondary N) is 1. The summed E-state index contributed by atoms with van der Waals surface area (Å²) in [5.41, 5.74) is 0.900. The number of carbonyl (C=O) groups excluding carboxylic acids is 1. The monoisotopic (exact) mass is 234 g/mol. The first-order valence-corrected chi connectivity index (χ1v) is 3.85. The van der Waals surface area contributed by atoms with Gasteiger partial charge >= 0.3 is 6.18 Å². The standard InChI is InChI=1S/C5H4N4.C2HF3O2/c1-2-5-8-6-4-9(5)7-3-1;3-2(4,5)1(6)7/h1-4H;(H,6,7). The maximum atomic E-state index is 10.5. The number of rotatable bonds is 0. The van der Waals surface area contributed by atoms with Crippen LogP contribution in [0.15, 0.2) is 24.7 Å². The van der Waals surface area contributed by atoms with Crippen LogP contribution < -0.4 is 9.62 Å². The van der Waals surface area contributed by atoms with Gasteiger partial charge in [0, 0.05) is 11.2 Å². The molecule has 0 amide bonds. The van der Waals surface area contributed by atoms with Gasteiger partial charge in [-0.05, 0) is 6.07 Å². The third kappa shape index (κ3) is 3.19. The summed E-state index contributed by atoms with van der Waals surface area (Å²) in [4.78, 5) is 8.78. The van der Waals surface area contributed by atoms with E-state index in [9.17, 15) is 13.2 Å². The fourth-order valence-corrected chi connectivity index (χ4v) is 0.713. The van der Waals surface area contributed by atoms with E-state index in [0.29, 0.717) is 0 Å². The van der Waals surface area contributed by atoms with Crippen molar-refractivity contribution >= 4 is 11.6 Å². The minimum absolute atomic E-state index is 0.900. The highest BCUT2D eigenvalue weighted by Gasteiger charge is 2.28. The van der Waals surface area contributed by atoms with E-state index in [0.717, 1.165) is 5.65 Å². The van der Waals surface area contributed by atoms with Crippen LogP contribution >= 0.6 is 0 Å². The lowest BCUT2D eigenvalue weighted by molar-refractivity contribution is -0.580. The second kappa shape index (κ2) is 4.55. The number of aromatic amines is 1. The zero-order valence-corrected chi connectivity index (χ0v) is 7.60. The number of carboxylic acid groups (broad SMARTS) is 1. The van der Waals surface area contributed by atoms with Crippen LogP contribution in [0.1, 0.15) is 0 Å². The highest BCUT2D eigenvalue weighted by molar-refractivity contribution is 5.70. The van der Waals surface area contributed by atoms with Crippen molar-refractivity contribution in [1.82, 2.24) is 15.3 Å². The number of aliphatic carboxylic acids is 1. The Hall–Kier alpha value is -2.19. The molecular weight excluding hydrogens is 229 g/mol. The molecule has 9 heteroatoms. The number of nitrogens with zero attached hydrogens (tertiary/aromatic N) is 3. The minimum atomic E-state index is -5.19. The summed E-state index contributed by atoms with van der Waals surface area (Å²) in [6.07, 6.45) is -1.86. The van der Waals surface area contributed by atoms with Crippen LogP contribution in [0.2, 0.25) is 0 Å². The fraction of sp³-hybridized carbons (Fsp3) is 0.143. The normalized spacial score (nSPS) is 10.7. The number of fused-ring (bicyclic) bond motifs is 1. The molecule has 0 saturated heterocycles. The SMILES string of the molecule is O=C([O-])C(F)(F)F.c1cn[n+]2cn[nH]c2c1. The molecule has 1 N–H and O–H groups in total. The van der Waals surface area contributed by atoms with Crippen molar-refractivity contribution in [1.29, 1.82) is 0 Å². The molecule has 2 aromatic rings. The number of halogens is 3. The Labute approximate surface area is 86.3 Å². The first-order valence-electron chi connectivity index (χ1n) is 3.85. The van der Waals surface area contributed by atoms with Crippen molar-refractivity contribution in [2.75, 3.05) is 0 Å². The number of aromatic nitrogens is 4. The van der Waals surface area contributed by atoms with Crippen LogP contribution in [0.4, 0.5) is 13.2 Å². The second-order valence-electron chi connectivity index (χ2n) is 2.50. The minimum Gasteiger partial charge on any atom is -0.542 e. The third-order valence-electron chi connectivity index (χ3n) is 1.36. The van der Waals surface area contributed by atoms with Gasteiger partial charge in [-0.3, -0.25) is 0 Å². The predicted molar refractivity (Wildman–Crippen MR) is 40.6 cm³/mol. The van der Waals surface area contributed by atoms with Crippen LogP contribution in [0, 0.1) is 0 Å². The van der Waals surface area contributed by atoms with Gasteiger partial charge in [0.2, 0.25) is 0 Å². The maximum absolute atomic E-state index is 10.5. The molecule has 86 valence electrons. The third-order valence-corrected chi connectivity index (χ3v) is 1.36. The van der Waals surface area contributed by atoms with Gasteiger partial charge in [-0.25, -0.2) is 0 Å². The summed E-state index contributed by atoms with van der Waals surface area (Å²) >= 11 is 0. The molecule has 0 unspecified atom stereocenters. The van der Waals surface area contributed by atoms with E-state index in [4.69, 9.17) is 9.90 Å². The van der Waals surface area contributed by atoms with Crippen molar-refractivity contribution in [3.63, 3.8) is 0 Å². The molecule has 2 aromatic heterocycles. The van der Waals surface area contributed by atoms with Gasteiger partial charge in [0.15, 0.2) is 0 Å². The largest absolute Gasteiger partial charge is 0.542 e. The molecule has 0 spiro atoms. The van der Waals surface area contributed by atoms with Crippen molar-refractivity contribution in [2.45, 2.75) is 6.18 Å². The molecule has 16 heavy (non-hydrogen) atoms. The Kier molecular flexibility index (Phi) is 3.38. The van der Waals surface area contributed by atoms with Gasteiger partial charge in [-0.2, -0.15) is 13.2 Å². The zero-order valence-electron chi connectivity index (χ0n) is 7.60. The topological polar surface area (TPSA) is 85.8 Å². The van der Waals surface area contributed by atoms with E-state index in [1.54, 1.807) is 17.0 Å². The van der Waals surface area contributed by atoms with E-state index in [-0.39, 0.29) is 0 Å². The molecule has 2 heterocycles. The van der Waals surface area contributed by atoms with Crippen LogP contribution in [-0.4, -0.2) is 27.4 Å². The first-order chi connectivity index (χ1) is 7.41. The van der Waals surface area contributed by atoms with Crippen LogP contribution in [0.5, 0.6) is 0 Å². The Morgan fingerprint density at radius 1 is 1.50 bits per heavy atom. The number of alkyl halides is 3. The number of hydrogen-bond acceptors (Lipinski definition) is 4. The molecule has 0 radical (unpaired) electrons. The van der Waals surface area contributed by atoms with E-state index in [2.05, 4.69) is 15.3 Å². The predicted octanol–water partition coefficient (Wildman–Crippen LogP) is -1.16. The van der Waals surface area contributed by atoms with Crippen LogP contribution in [-0.2, 0) is 4.79 Å². The van der Waals surface area contributed by atoms with Gasteiger partial charge in [-0.1, -0.05) is 0 Å².